The van der Waals surface area contributed by atoms with Crippen LogP contribution in [0.1, 0.15) is 66.2 Å². The lowest BCUT2D eigenvalue weighted by Crippen LogP contribution is -2.50. The van der Waals surface area contributed by atoms with E-state index in [1.807, 2.05) is 81.4 Å². The number of aromatic nitrogens is 1. The molecule has 4 aromatic rings. The summed E-state index contributed by atoms with van der Waals surface area (Å²) in [7, 11) is -3.89. The van der Waals surface area contributed by atoms with Gasteiger partial charge in [-0.15, -0.1) is 0 Å². The molecule has 5 N–H and O–H groups in total. The number of pyridine rings is 1. The lowest BCUT2D eigenvalue weighted by Gasteiger charge is -2.31. The van der Waals surface area contributed by atoms with Crippen LogP contribution in [0.2, 0.25) is 0 Å². The molecule has 2 atom stereocenters. The van der Waals surface area contributed by atoms with Gasteiger partial charge in [-0.05, 0) is 73.2 Å². The number of nitrogens with zero attached hydrogens (tertiary/aromatic N) is 2. The Kier molecular flexibility index (Phi) is 13.5. The fourth-order valence-electron chi connectivity index (χ4n) is 5.76. The van der Waals surface area contributed by atoms with Gasteiger partial charge in [0.25, 0.3) is 5.91 Å². The molecular weight excluding hydrogens is 639 g/mol. The first-order chi connectivity index (χ1) is 23.5. The van der Waals surface area contributed by atoms with Crippen LogP contribution in [-0.4, -0.2) is 66.4 Å². The van der Waals surface area contributed by atoms with Crippen molar-refractivity contribution in [3.8, 4) is 0 Å². The standard InChI is InChI=1S/C38H47N5O5S/c1-27(2)25-43(49(47,48)34-21-19-32(39)20-22-34)33(26-44)16-10-11-23-40-38(46)36(42-37(45)31-18-17-28(3)41-24-31)35(29-12-6-4-7-13-29)30-14-8-5-9-15-30/h4-9,12-15,17-22,24,27,33,35-36,44H,10-11,16,23,25-26,39H2,1-3H3,(H,40,46)(H,42,45)/t33?,36-/m0/s1. The fraction of sp³-hybridized carbons (Fsp3) is 0.342. The third kappa shape index (κ3) is 10.2. The molecule has 0 saturated heterocycles. The van der Waals surface area contributed by atoms with E-state index >= 15 is 0 Å². The number of hydrogen-bond donors (Lipinski definition) is 4. The Hall–Kier alpha value is -4.58. The molecule has 49 heavy (non-hydrogen) atoms. The molecule has 0 radical (unpaired) electrons. The first-order valence-corrected chi connectivity index (χ1v) is 18.0. The second-order valence-electron chi connectivity index (χ2n) is 12.6. The molecule has 0 saturated carbocycles. The largest absolute Gasteiger partial charge is 0.399 e. The first-order valence-electron chi connectivity index (χ1n) is 16.6. The van der Waals surface area contributed by atoms with Gasteiger partial charge in [-0.25, -0.2) is 8.42 Å². The number of rotatable bonds is 17. The molecule has 10 nitrogen and oxygen atoms in total. The molecule has 3 aromatic carbocycles. The fourth-order valence-corrected chi connectivity index (χ4v) is 7.57. The molecule has 11 heteroatoms. The normalized spacial score (nSPS) is 13.0. The van der Waals surface area contributed by atoms with E-state index in [9.17, 15) is 23.1 Å². The van der Waals surface area contributed by atoms with Crippen molar-refractivity contribution in [3.63, 3.8) is 0 Å². The van der Waals surface area contributed by atoms with Crippen LogP contribution in [0.5, 0.6) is 0 Å². The van der Waals surface area contributed by atoms with E-state index in [-0.39, 0.29) is 29.9 Å². The second kappa shape index (κ2) is 17.7. The van der Waals surface area contributed by atoms with Crippen LogP contribution < -0.4 is 16.4 Å². The Labute approximate surface area is 289 Å². The highest BCUT2D eigenvalue weighted by Gasteiger charge is 2.34. The summed E-state index contributed by atoms with van der Waals surface area (Å²) in [5, 5.41) is 16.3. The van der Waals surface area contributed by atoms with Gasteiger partial charge in [0.15, 0.2) is 0 Å². The Bertz CT molecular complexity index is 1700. The lowest BCUT2D eigenvalue weighted by atomic mass is 9.84. The van der Waals surface area contributed by atoms with Gasteiger partial charge in [0, 0.05) is 42.6 Å². The van der Waals surface area contributed by atoms with Crippen molar-refractivity contribution < 1.29 is 23.1 Å². The maximum Gasteiger partial charge on any atom is 0.253 e. The summed E-state index contributed by atoms with van der Waals surface area (Å²) < 4.78 is 28.6. The zero-order valence-electron chi connectivity index (χ0n) is 28.3. The Morgan fingerprint density at radius 3 is 2.02 bits per heavy atom. The second-order valence-corrected chi connectivity index (χ2v) is 14.5. The number of carbonyl (C=O) groups excluding carboxylic acids is 2. The third-order valence-electron chi connectivity index (χ3n) is 8.31. The van der Waals surface area contributed by atoms with Crippen LogP contribution >= 0.6 is 0 Å². The van der Waals surface area contributed by atoms with Gasteiger partial charge in [-0.1, -0.05) is 80.9 Å². The maximum absolute atomic E-state index is 14.0. The predicted molar refractivity (Wildman–Crippen MR) is 192 cm³/mol. The summed E-state index contributed by atoms with van der Waals surface area (Å²) in [6.45, 7) is 5.89. The Morgan fingerprint density at radius 1 is 0.878 bits per heavy atom. The molecule has 0 aliphatic heterocycles. The van der Waals surface area contributed by atoms with E-state index in [0.717, 1.165) is 16.8 Å². The summed E-state index contributed by atoms with van der Waals surface area (Å²) in [5.41, 5.74) is 9.10. The van der Waals surface area contributed by atoms with E-state index in [4.69, 9.17) is 5.73 Å². The minimum Gasteiger partial charge on any atom is -0.399 e. The van der Waals surface area contributed by atoms with Gasteiger partial charge in [0.05, 0.1) is 17.1 Å². The number of unbranched alkanes of at least 4 members (excludes halogenated alkanes) is 1. The smallest absolute Gasteiger partial charge is 0.253 e. The number of aryl methyl sites for hydroxylation is 1. The summed E-state index contributed by atoms with van der Waals surface area (Å²) in [6, 6.07) is 27.1. The molecule has 2 amide bonds. The van der Waals surface area contributed by atoms with E-state index < -0.39 is 33.9 Å². The number of benzene rings is 3. The van der Waals surface area contributed by atoms with Crippen LogP contribution in [0.3, 0.4) is 0 Å². The van der Waals surface area contributed by atoms with Crippen LogP contribution in [0.4, 0.5) is 5.69 Å². The number of anilines is 1. The number of hydrogen-bond acceptors (Lipinski definition) is 7. The number of carbonyl (C=O) groups is 2. The highest BCUT2D eigenvalue weighted by atomic mass is 32.2. The average molecular weight is 686 g/mol. The number of nitrogens with two attached hydrogens (primary N) is 1. The van der Waals surface area contributed by atoms with Crippen molar-refractivity contribution in [2.45, 2.75) is 62.9 Å². The molecule has 0 aliphatic carbocycles. The van der Waals surface area contributed by atoms with Crippen LogP contribution in [-0.2, 0) is 14.8 Å². The van der Waals surface area contributed by atoms with Crippen molar-refractivity contribution in [1.29, 1.82) is 0 Å². The first kappa shape index (κ1) is 37.2. The van der Waals surface area contributed by atoms with Crippen molar-refractivity contribution in [3.05, 3.63) is 126 Å². The molecule has 0 bridgehead atoms. The molecule has 1 heterocycles. The van der Waals surface area contributed by atoms with Crippen molar-refractivity contribution >= 4 is 27.5 Å². The quantitative estimate of drug-likeness (QED) is 0.0911. The number of nitrogens with one attached hydrogen (secondary N) is 2. The zero-order valence-corrected chi connectivity index (χ0v) is 29.1. The van der Waals surface area contributed by atoms with Gasteiger partial charge in [0.1, 0.15) is 6.04 Å². The van der Waals surface area contributed by atoms with E-state index in [2.05, 4.69) is 15.6 Å². The van der Waals surface area contributed by atoms with Gasteiger partial charge in [0.2, 0.25) is 15.9 Å². The summed E-state index contributed by atoms with van der Waals surface area (Å²) in [4.78, 5) is 31.8. The average Bonchev–Trinajstić information content (AvgIpc) is 3.10. The van der Waals surface area contributed by atoms with Crippen LogP contribution in [0, 0.1) is 12.8 Å². The summed E-state index contributed by atoms with van der Waals surface area (Å²) in [5.74, 6) is -1.21. The van der Waals surface area contributed by atoms with E-state index in [0.29, 0.717) is 37.1 Å². The Morgan fingerprint density at radius 2 is 1.49 bits per heavy atom. The number of aliphatic hydroxyl groups excluding tert-OH is 1. The Balaban J connectivity index is 1.49. The van der Waals surface area contributed by atoms with E-state index in [1.165, 1.54) is 22.6 Å². The zero-order chi connectivity index (χ0) is 35.4. The molecule has 0 fully saturated rings. The van der Waals surface area contributed by atoms with E-state index in [1.54, 1.807) is 24.3 Å². The number of amides is 2. The molecule has 0 spiro atoms. The summed E-state index contributed by atoms with van der Waals surface area (Å²) in [6.07, 6.45) is 2.96. The molecule has 0 aliphatic rings. The minimum atomic E-state index is -3.89. The molecule has 260 valence electrons. The number of nitrogen functional groups attached to an aromatic ring is 1. The van der Waals surface area contributed by atoms with Gasteiger partial charge in [-0.2, -0.15) is 4.31 Å². The molecule has 1 unspecified atom stereocenters. The molecule has 4 rings (SSSR count). The van der Waals surface area contributed by atoms with Gasteiger partial charge < -0.3 is 21.5 Å². The van der Waals surface area contributed by atoms with Crippen molar-refractivity contribution in [2.24, 2.45) is 5.92 Å². The van der Waals surface area contributed by atoms with Crippen LogP contribution in [0.25, 0.3) is 0 Å². The number of sulfonamides is 1. The maximum atomic E-state index is 14.0. The van der Waals surface area contributed by atoms with Crippen molar-refractivity contribution in [1.82, 2.24) is 19.9 Å². The number of aliphatic hydroxyl groups is 1. The minimum absolute atomic E-state index is 0.0295. The van der Waals surface area contributed by atoms with Gasteiger partial charge in [-0.3, -0.25) is 14.6 Å². The lowest BCUT2D eigenvalue weighted by molar-refractivity contribution is -0.123. The van der Waals surface area contributed by atoms with Crippen molar-refractivity contribution in [2.75, 3.05) is 25.4 Å². The van der Waals surface area contributed by atoms with Crippen LogP contribution in [0.15, 0.2) is 108 Å². The van der Waals surface area contributed by atoms with Gasteiger partial charge >= 0.3 is 0 Å². The third-order valence-corrected chi connectivity index (χ3v) is 10.2. The SMILES string of the molecule is Cc1ccc(C(=O)N[C@H](C(=O)NCCCCC(CO)N(CC(C)C)S(=O)(=O)c2ccc(N)cc2)C(c2ccccc2)c2ccccc2)cn1. The highest BCUT2D eigenvalue weighted by molar-refractivity contribution is 7.89. The topological polar surface area (TPSA) is 155 Å². The molecule has 1 aromatic heterocycles. The monoisotopic (exact) mass is 685 g/mol. The predicted octanol–water partition coefficient (Wildman–Crippen LogP) is 4.90. The highest BCUT2D eigenvalue weighted by Crippen LogP contribution is 2.29. The summed E-state index contributed by atoms with van der Waals surface area (Å²) >= 11 is 0. The molecular formula is C38H47N5O5S.